The zero-order valence-electron chi connectivity index (χ0n) is 15.3. The molecule has 2 aromatic rings. The molecule has 0 saturated carbocycles. The minimum absolute atomic E-state index is 0.130. The van der Waals surface area contributed by atoms with Crippen LogP contribution < -0.4 is 0 Å². The lowest BCUT2D eigenvalue weighted by molar-refractivity contribution is 0.0712. The number of likely N-dealkylation sites (tertiary alicyclic amines) is 1. The van der Waals surface area contributed by atoms with Gasteiger partial charge in [-0.2, -0.15) is 0 Å². The number of aromatic nitrogens is 2. The van der Waals surface area contributed by atoms with Crippen molar-refractivity contribution in [3.63, 3.8) is 0 Å². The summed E-state index contributed by atoms with van der Waals surface area (Å²) in [6, 6.07) is 7.98. The van der Waals surface area contributed by atoms with Gasteiger partial charge in [0.15, 0.2) is 0 Å². The molecule has 25 heavy (non-hydrogen) atoms. The van der Waals surface area contributed by atoms with Crippen molar-refractivity contribution in [2.75, 3.05) is 27.2 Å². The minimum atomic E-state index is 0.130. The zero-order valence-corrected chi connectivity index (χ0v) is 15.3. The molecule has 1 saturated heterocycles. The topological polar surface area (TPSA) is 49.3 Å². The summed E-state index contributed by atoms with van der Waals surface area (Å²) >= 11 is 0. The van der Waals surface area contributed by atoms with E-state index in [0.717, 1.165) is 49.4 Å². The quantitative estimate of drug-likeness (QED) is 0.860. The largest absolute Gasteiger partial charge is 0.339 e. The van der Waals surface area contributed by atoms with Crippen molar-refractivity contribution in [1.82, 2.24) is 19.8 Å². The van der Waals surface area contributed by atoms with Gasteiger partial charge in [-0.15, -0.1) is 0 Å². The first-order valence-electron chi connectivity index (χ1n) is 8.84. The van der Waals surface area contributed by atoms with E-state index in [2.05, 4.69) is 14.9 Å². The molecule has 1 fully saturated rings. The lowest BCUT2D eigenvalue weighted by Crippen LogP contribution is -2.38. The molecule has 1 aliphatic heterocycles. The van der Waals surface area contributed by atoms with Gasteiger partial charge in [-0.25, -0.2) is 0 Å². The molecule has 132 valence electrons. The Balaban J connectivity index is 1.59. The summed E-state index contributed by atoms with van der Waals surface area (Å²) < 4.78 is 0. The van der Waals surface area contributed by atoms with Crippen LogP contribution in [0.3, 0.4) is 0 Å². The van der Waals surface area contributed by atoms with Crippen LogP contribution in [0.4, 0.5) is 0 Å². The number of hydrogen-bond acceptors (Lipinski definition) is 4. The van der Waals surface area contributed by atoms with Gasteiger partial charge in [0.2, 0.25) is 0 Å². The molecule has 5 nitrogen and oxygen atoms in total. The van der Waals surface area contributed by atoms with Crippen LogP contribution in [0.15, 0.2) is 36.7 Å². The summed E-state index contributed by atoms with van der Waals surface area (Å²) in [5.74, 6) is 0.532. The number of hydrogen-bond donors (Lipinski definition) is 0. The predicted molar refractivity (Wildman–Crippen MR) is 98.5 cm³/mol. The third-order valence-electron chi connectivity index (χ3n) is 4.67. The average molecular weight is 338 g/mol. The highest BCUT2D eigenvalue weighted by molar-refractivity contribution is 5.94. The Morgan fingerprint density at radius 1 is 1.16 bits per heavy atom. The third-order valence-corrected chi connectivity index (χ3v) is 4.67. The Labute approximate surface area is 149 Å². The summed E-state index contributed by atoms with van der Waals surface area (Å²) in [6.07, 6.45) is 5.53. The van der Waals surface area contributed by atoms with Crippen molar-refractivity contribution in [2.45, 2.75) is 32.2 Å². The van der Waals surface area contributed by atoms with Crippen LogP contribution in [-0.2, 0) is 6.54 Å². The molecular formula is C20H26N4O. The molecule has 1 amide bonds. The van der Waals surface area contributed by atoms with Gasteiger partial charge in [0.25, 0.3) is 5.91 Å². The van der Waals surface area contributed by atoms with E-state index >= 15 is 0 Å². The fourth-order valence-electron chi connectivity index (χ4n) is 3.36. The van der Waals surface area contributed by atoms with Crippen LogP contribution in [0.2, 0.25) is 0 Å². The summed E-state index contributed by atoms with van der Waals surface area (Å²) in [5, 5.41) is 0. The fraction of sp³-hybridized carbons (Fsp3) is 0.450. The monoisotopic (exact) mass is 338 g/mol. The molecule has 0 N–H and O–H groups in total. The van der Waals surface area contributed by atoms with Crippen LogP contribution in [0.5, 0.6) is 0 Å². The predicted octanol–water partition coefficient (Wildman–Crippen LogP) is 2.87. The Morgan fingerprint density at radius 2 is 1.84 bits per heavy atom. The molecule has 1 aliphatic rings. The molecule has 2 heterocycles. The Hall–Kier alpha value is -2.27. The second-order valence-electron chi connectivity index (χ2n) is 7.09. The zero-order chi connectivity index (χ0) is 17.8. The van der Waals surface area contributed by atoms with Crippen LogP contribution in [-0.4, -0.2) is 52.9 Å². The van der Waals surface area contributed by atoms with Crippen molar-refractivity contribution < 1.29 is 4.79 Å². The number of carbonyl (C=O) groups excluding carboxylic acids is 1. The fourth-order valence-corrected chi connectivity index (χ4v) is 3.36. The maximum absolute atomic E-state index is 12.7. The standard InChI is InChI=1S/C20H26N4O/c1-15-12-21-13-19(22-15)17-8-10-24(11-9-17)20(25)18-6-4-16(5-7-18)14-23(2)3/h4-7,12-13,17H,8-11,14H2,1-3H3. The molecule has 0 unspecified atom stereocenters. The number of benzene rings is 1. The highest BCUT2D eigenvalue weighted by Gasteiger charge is 2.25. The van der Waals surface area contributed by atoms with E-state index in [1.165, 1.54) is 5.56 Å². The second kappa shape index (κ2) is 7.74. The molecule has 0 aliphatic carbocycles. The average Bonchev–Trinajstić information content (AvgIpc) is 2.61. The van der Waals surface area contributed by atoms with Gasteiger partial charge in [0.1, 0.15) is 0 Å². The molecule has 3 rings (SSSR count). The Kier molecular flexibility index (Phi) is 5.43. The smallest absolute Gasteiger partial charge is 0.253 e. The summed E-state index contributed by atoms with van der Waals surface area (Å²) in [6.45, 7) is 4.41. The lowest BCUT2D eigenvalue weighted by atomic mass is 9.93. The number of nitrogens with zero attached hydrogens (tertiary/aromatic N) is 4. The normalized spacial score (nSPS) is 15.6. The van der Waals surface area contributed by atoms with Gasteiger partial charge in [-0.05, 0) is 51.6 Å². The van der Waals surface area contributed by atoms with E-state index < -0.39 is 0 Å². The van der Waals surface area contributed by atoms with Gasteiger partial charge in [0.05, 0.1) is 11.4 Å². The maximum atomic E-state index is 12.7. The summed E-state index contributed by atoms with van der Waals surface area (Å²) in [7, 11) is 4.09. The van der Waals surface area contributed by atoms with Gasteiger partial charge in [0, 0.05) is 43.5 Å². The molecule has 1 aromatic heterocycles. The molecule has 5 heteroatoms. The van der Waals surface area contributed by atoms with Gasteiger partial charge < -0.3 is 9.80 Å². The second-order valence-corrected chi connectivity index (χ2v) is 7.09. The number of amides is 1. The first-order valence-corrected chi connectivity index (χ1v) is 8.84. The van der Waals surface area contributed by atoms with Gasteiger partial charge in [-0.3, -0.25) is 14.8 Å². The van der Waals surface area contributed by atoms with Gasteiger partial charge >= 0.3 is 0 Å². The van der Waals surface area contributed by atoms with E-state index in [1.807, 2.05) is 56.4 Å². The van der Waals surface area contributed by atoms with Crippen molar-refractivity contribution >= 4 is 5.91 Å². The molecular weight excluding hydrogens is 312 g/mol. The van der Waals surface area contributed by atoms with Crippen molar-refractivity contribution in [3.8, 4) is 0 Å². The van der Waals surface area contributed by atoms with Crippen molar-refractivity contribution in [3.05, 3.63) is 59.2 Å². The van der Waals surface area contributed by atoms with Gasteiger partial charge in [-0.1, -0.05) is 12.1 Å². The first kappa shape index (κ1) is 17.5. The molecule has 0 spiro atoms. The number of aryl methyl sites for hydroxylation is 1. The summed E-state index contributed by atoms with van der Waals surface area (Å²) in [4.78, 5) is 25.6. The highest BCUT2D eigenvalue weighted by atomic mass is 16.2. The number of piperidine rings is 1. The van der Waals surface area contributed by atoms with E-state index in [9.17, 15) is 4.79 Å². The first-order chi connectivity index (χ1) is 12.0. The SMILES string of the molecule is Cc1cncc(C2CCN(C(=O)c3ccc(CN(C)C)cc3)CC2)n1. The maximum Gasteiger partial charge on any atom is 0.253 e. The van der Waals surface area contributed by atoms with Crippen LogP contribution in [0, 0.1) is 6.92 Å². The van der Waals surface area contributed by atoms with E-state index in [0.29, 0.717) is 5.92 Å². The van der Waals surface area contributed by atoms with Crippen LogP contribution in [0.1, 0.15) is 46.1 Å². The number of rotatable bonds is 4. The van der Waals surface area contributed by atoms with Crippen LogP contribution >= 0.6 is 0 Å². The highest BCUT2D eigenvalue weighted by Crippen LogP contribution is 2.27. The molecule has 1 aromatic carbocycles. The Morgan fingerprint density at radius 3 is 2.44 bits per heavy atom. The number of carbonyl (C=O) groups is 1. The lowest BCUT2D eigenvalue weighted by Gasteiger charge is -2.31. The van der Waals surface area contributed by atoms with Crippen molar-refractivity contribution in [2.24, 2.45) is 0 Å². The Bertz CT molecular complexity index is 719. The van der Waals surface area contributed by atoms with Crippen molar-refractivity contribution in [1.29, 1.82) is 0 Å². The molecule has 0 atom stereocenters. The molecule has 0 radical (unpaired) electrons. The van der Waals surface area contributed by atoms with E-state index in [4.69, 9.17) is 0 Å². The third kappa shape index (κ3) is 4.42. The minimum Gasteiger partial charge on any atom is -0.339 e. The van der Waals surface area contributed by atoms with E-state index in [1.54, 1.807) is 6.20 Å². The molecule has 0 bridgehead atoms. The van der Waals surface area contributed by atoms with E-state index in [-0.39, 0.29) is 5.91 Å². The van der Waals surface area contributed by atoms with Crippen LogP contribution in [0.25, 0.3) is 0 Å². The summed E-state index contributed by atoms with van der Waals surface area (Å²) in [5.41, 5.74) is 4.00.